The van der Waals surface area contributed by atoms with Crippen molar-refractivity contribution in [2.75, 3.05) is 5.75 Å². The maximum Gasteiger partial charge on any atom is 0.264 e. The van der Waals surface area contributed by atoms with Crippen molar-refractivity contribution in [1.29, 1.82) is 0 Å². The summed E-state index contributed by atoms with van der Waals surface area (Å²) in [7, 11) is -3.78. The first-order valence-electron chi connectivity index (χ1n) is 12.2. The predicted octanol–water partition coefficient (Wildman–Crippen LogP) is 8.25. The number of hydrogen-bond donors (Lipinski definition) is 1. The molecule has 28 heavy (non-hydrogen) atoms. The Balaban J connectivity index is 3.10. The van der Waals surface area contributed by atoms with E-state index in [1.807, 2.05) is 6.08 Å². The molecule has 0 rings (SSSR count). The predicted molar refractivity (Wildman–Crippen MR) is 124 cm³/mol. The Bertz CT molecular complexity index is 429. The van der Waals surface area contributed by atoms with Crippen LogP contribution in [-0.4, -0.2) is 18.7 Å². The van der Waals surface area contributed by atoms with Crippen molar-refractivity contribution in [2.24, 2.45) is 0 Å². The molecular weight excluding hydrogens is 368 g/mol. The first kappa shape index (κ1) is 27.6. The lowest BCUT2D eigenvalue weighted by Gasteiger charge is -2.03. The molecule has 0 fully saturated rings. The van der Waals surface area contributed by atoms with Gasteiger partial charge in [0.05, 0.1) is 5.75 Å². The van der Waals surface area contributed by atoms with Gasteiger partial charge in [-0.05, 0) is 25.7 Å². The van der Waals surface area contributed by atoms with Crippen LogP contribution in [0.5, 0.6) is 0 Å². The minimum atomic E-state index is -3.78. The molecular formula is C24H48O3S. The fourth-order valence-electron chi connectivity index (χ4n) is 3.61. The smallest absolute Gasteiger partial charge is 0.264 e. The summed E-state index contributed by atoms with van der Waals surface area (Å²) in [4.78, 5) is 0. The first-order chi connectivity index (χ1) is 13.6. The second-order valence-corrected chi connectivity index (χ2v) is 9.92. The monoisotopic (exact) mass is 416 g/mol. The van der Waals surface area contributed by atoms with E-state index in [-0.39, 0.29) is 5.75 Å². The van der Waals surface area contributed by atoms with Gasteiger partial charge in [0.25, 0.3) is 10.1 Å². The highest BCUT2D eigenvalue weighted by Crippen LogP contribution is 2.14. The topological polar surface area (TPSA) is 54.4 Å². The molecule has 0 aromatic carbocycles. The number of unbranched alkanes of at least 4 members (excludes halogenated alkanes) is 18. The van der Waals surface area contributed by atoms with Crippen LogP contribution in [0.15, 0.2) is 12.2 Å². The number of allylic oxidation sites excluding steroid dienone is 2. The third kappa shape index (κ3) is 25.6. The minimum Gasteiger partial charge on any atom is -0.286 e. The van der Waals surface area contributed by atoms with E-state index in [0.717, 1.165) is 12.8 Å². The van der Waals surface area contributed by atoms with Crippen molar-refractivity contribution in [1.82, 2.24) is 0 Å². The van der Waals surface area contributed by atoms with Crippen LogP contribution in [0, 0.1) is 0 Å². The van der Waals surface area contributed by atoms with Crippen molar-refractivity contribution in [3.8, 4) is 0 Å². The summed E-state index contributed by atoms with van der Waals surface area (Å²) in [6, 6.07) is 0. The fraction of sp³-hybridized carbons (Fsp3) is 0.917. The van der Waals surface area contributed by atoms with Crippen LogP contribution in [0.2, 0.25) is 0 Å². The molecule has 0 aliphatic heterocycles. The van der Waals surface area contributed by atoms with Gasteiger partial charge in [-0.15, -0.1) is 0 Å². The van der Waals surface area contributed by atoms with Gasteiger partial charge in [0, 0.05) is 0 Å². The lowest BCUT2D eigenvalue weighted by Crippen LogP contribution is -2.02. The molecule has 4 heteroatoms. The van der Waals surface area contributed by atoms with Crippen LogP contribution in [0.4, 0.5) is 0 Å². The van der Waals surface area contributed by atoms with Gasteiger partial charge in [-0.1, -0.05) is 122 Å². The summed E-state index contributed by atoms with van der Waals surface area (Å²) in [6.07, 6.45) is 30.3. The molecule has 0 aromatic rings. The molecule has 3 nitrogen and oxygen atoms in total. The molecule has 0 spiro atoms. The highest BCUT2D eigenvalue weighted by Gasteiger charge is 2.01. The SMILES string of the molecule is CCCCCCCCCCCCCCCCCCCC=CCCCS(=O)(=O)O. The highest BCUT2D eigenvalue weighted by atomic mass is 32.2. The van der Waals surface area contributed by atoms with Crippen molar-refractivity contribution >= 4 is 10.1 Å². The maximum atomic E-state index is 10.6. The maximum absolute atomic E-state index is 10.6. The van der Waals surface area contributed by atoms with Crippen molar-refractivity contribution in [3.05, 3.63) is 12.2 Å². The summed E-state index contributed by atoms with van der Waals surface area (Å²) in [5, 5.41) is 0. The Morgan fingerprint density at radius 3 is 1.21 bits per heavy atom. The van der Waals surface area contributed by atoms with Gasteiger partial charge >= 0.3 is 0 Å². The quantitative estimate of drug-likeness (QED) is 0.110. The molecule has 0 unspecified atom stereocenters. The molecule has 0 amide bonds. The molecule has 1 N–H and O–H groups in total. The second kappa shape index (κ2) is 21.4. The highest BCUT2D eigenvalue weighted by molar-refractivity contribution is 7.85. The number of hydrogen-bond acceptors (Lipinski definition) is 2. The van der Waals surface area contributed by atoms with E-state index in [4.69, 9.17) is 4.55 Å². The molecule has 0 aliphatic rings. The molecule has 168 valence electrons. The summed E-state index contributed by atoms with van der Waals surface area (Å²) >= 11 is 0. The first-order valence-corrected chi connectivity index (χ1v) is 13.8. The average molecular weight is 417 g/mol. The van der Waals surface area contributed by atoms with E-state index in [1.54, 1.807) is 0 Å². The normalized spacial score (nSPS) is 12.2. The standard InChI is InChI=1S/C24H48O3S/c1-2-3-4-5-6-7-8-9-10-11-12-13-14-15-16-17-18-19-20-21-22-23-24-28(25,26)27/h20-21H,2-19,22-24H2,1H3,(H,25,26,27). The van der Waals surface area contributed by atoms with Gasteiger partial charge in [0.2, 0.25) is 0 Å². The Morgan fingerprint density at radius 2 is 0.857 bits per heavy atom. The molecule has 0 radical (unpaired) electrons. The zero-order chi connectivity index (χ0) is 20.8. The summed E-state index contributed by atoms with van der Waals surface area (Å²) < 4.78 is 29.8. The zero-order valence-corrected chi connectivity index (χ0v) is 19.5. The average Bonchev–Trinajstić information content (AvgIpc) is 2.65. The Labute approximate surface area is 176 Å². The zero-order valence-electron chi connectivity index (χ0n) is 18.7. The second-order valence-electron chi connectivity index (χ2n) is 8.35. The molecule has 0 saturated carbocycles. The molecule has 0 atom stereocenters. The number of rotatable bonds is 22. The van der Waals surface area contributed by atoms with Gasteiger partial charge in [0.1, 0.15) is 0 Å². The van der Waals surface area contributed by atoms with Crippen LogP contribution in [0.1, 0.15) is 135 Å². The molecule has 0 aromatic heterocycles. The van der Waals surface area contributed by atoms with Crippen molar-refractivity contribution in [2.45, 2.75) is 135 Å². The van der Waals surface area contributed by atoms with Gasteiger partial charge in [-0.3, -0.25) is 4.55 Å². The molecule has 0 saturated heterocycles. The van der Waals surface area contributed by atoms with E-state index < -0.39 is 10.1 Å². The Morgan fingerprint density at radius 1 is 0.536 bits per heavy atom. The largest absolute Gasteiger partial charge is 0.286 e. The van der Waals surface area contributed by atoms with E-state index >= 15 is 0 Å². The molecule has 0 heterocycles. The third-order valence-electron chi connectivity index (χ3n) is 5.41. The third-order valence-corrected chi connectivity index (χ3v) is 6.22. The van der Waals surface area contributed by atoms with Crippen LogP contribution in [0.3, 0.4) is 0 Å². The van der Waals surface area contributed by atoms with E-state index in [9.17, 15) is 8.42 Å². The van der Waals surface area contributed by atoms with Gasteiger partial charge in [0.15, 0.2) is 0 Å². The van der Waals surface area contributed by atoms with Gasteiger partial charge in [-0.25, -0.2) is 0 Å². The van der Waals surface area contributed by atoms with Crippen LogP contribution in [0.25, 0.3) is 0 Å². The summed E-state index contributed by atoms with van der Waals surface area (Å²) in [6.45, 7) is 2.28. The summed E-state index contributed by atoms with van der Waals surface area (Å²) in [5.41, 5.74) is 0. The Kier molecular flexibility index (Phi) is 21.1. The van der Waals surface area contributed by atoms with Crippen molar-refractivity contribution < 1.29 is 13.0 Å². The lowest BCUT2D eigenvalue weighted by molar-refractivity contribution is 0.481. The molecule has 0 aliphatic carbocycles. The van der Waals surface area contributed by atoms with Gasteiger partial charge < -0.3 is 0 Å². The van der Waals surface area contributed by atoms with E-state index in [1.165, 1.54) is 109 Å². The van der Waals surface area contributed by atoms with Crippen LogP contribution in [-0.2, 0) is 10.1 Å². The van der Waals surface area contributed by atoms with Crippen molar-refractivity contribution in [3.63, 3.8) is 0 Å². The van der Waals surface area contributed by atoms with Crippen LogP contribution >= 0.6 is 0 Å². The van der Waals surface area contributed by atoms with E-state index in [0.29, 0.717) is 6.42 Å². The van der Waals surface area contributed by atoms with Crippen LogP contribution < -0.4 is 0 Å². The molecule has 0 bridgehead atoms. The van der Waals surface area contributed by atoms with E-state index in [2.05, 4.69) is 13.0 Å². The van der Waals surface area contributed by atoms with Gasteiger partial charge in [-0.2, -0.15) is 8.42 Å². The minimum absolute atomic E-state index is 0.129. The Hall–Kier alpha value is -0.350. The fourth-order valence-corrected chi connectivity index (χ4v) is 4.14. The summed E-state index contributed by atoms with van der Waals surface area (Å²) in [5.74, 6) is -0.129. The lowest BCUT2D eigenvalue weighted by atomic mass is 10.0.